The lowest BCUT2D eigenvalue weighted by atomic mass is 10.3. The predicted molar refractivity (Wildman–Crippen MR) is 72.9 cm³/mol. The van der Waals surface area contributed by atoms with Crippen LogP contribution < -0.4 is 5.32 Å². The molecule has 5 heteroatoms. The van der Waals surface area contributed by atoms with Crippen molar-refractivity contribution in [3.05, 3.63) is 50.3 Å². The second kappa shape index (κ2) is 5.25. The minimum atomic E-state index is 0.408. The van der Waals surface area contributed by atoms with E-state index in [0.29, 0.717) is 11.8 Å². The predicted octanol–water partition coefficient (Wildman–Crippen LogP) is 5.07. The summed E-state index contributed by atoms with van der Waals surface area (Å²) in [5.74, 6) is 0.803. The van der Waals surface area contributed by atoms with Crippen LogP contribution >= 0.6 is 43.5 Å². The van der Waals surface area contributed by atoms with Crippen molar-refractivity contribution in [1.29, 1.82) is 0 Å². The molecule has 0 fully saturated rings. The molecule has 1 aromatic carbocycles. The molecule has 1 N–H and O–H groups in total. The van der Waals surface area contributed by atoms with Gasteiger partial charge in [-0.25, -0.2) is 0 Å². The molecule has 0 aliphatic rings. The van der Waals surface area contributed by atoms with Crippen molar-refractivity contribution >= 4 is 49.1 Å². The first-order valence-corrected chi connectivity index (χ1v) is 6.54. The molecule has 0 bridgehead atoms. The fraction of sp³-hybridized carbons (Fsp3) is 0.0909. The molecule has 0 radical (unpaired) electrons. The molecule has 1 aromatic heterocycles. The minimum Gasteiger partial charge on any atom is -0.448 e. The van der Waals surface area contributed by atoms with E-state index >= 15 is 0 Å². The first-order valence-electron chi connectivity index (χ1n) is 4.58. The van der Waals surface area contributed by atoms with E-state index in [1.54, 1.807) is 6.07 Å². The smallest absolute Gasteiger partial charge is 0.193 e. The average molecular weight is 365 g/mol. The van der Waals surface area contributed by atoms with E-state index in [4.69, 9.17) is 16.0 Å². The van der Waals surface area contributed by atoms with Crippen molar-refractivity contribution in [1.82, 2.24) is 0 Å². The molecule has 0 spiro atoms. The second-order valence-electron chi connectivity index (χ2n) is 3.18. The van der Waals surface area contributed by atoms with E-state index in [2.05, 4.69) is 37.2 Å². The lowest BCUT2D eigenvalue weighted by Gasteiger charge is -2.07. The van der Waals surface area contributed by atoms with Gasteiger partial charge in [0.2, 0.25) is 0 Å². The number of hydrogen-bond acceptors (Lipinski definition) is 2. The van der Waals surface area contributed by atoms with Crippen molar-refractivity contribution < 1.29 is 4.42 Å². The number of anilines is 1. The van der Waals surface area contributed by atoms with Crippen molar-refractivity contribution in [2.75, 3.05) is 5.32 Å². The Labute approximate surface area is 115 Å². The highest BCUT2D eigenvalue weighted by Gasteiger charge is 2.03. The fourth-order valence-electron chi connectivity index (χ4n) is 1.26. The Morgan fingerprint density at radius 1 is 1.19 bits per heavy atom. The van der Waals surface area contributed by atoms with E-state index in [1.165, 1.54) is 0 Å². The number of benzene rings is 1. The van der Waals surface area contributed by atoms with Crippen LogP contribution in [0.3, 0.4) is 0 Å². The van der Waals surface area contributed by atoms with Crippen molar-refractivity contribution in [2.45, 2.75) is 6.54 Å². The van der Waals surface area contributed by atoms with E-state index in [1.807, 2.05) is 24.3 Å². The van der Waals surface area contributed by atoms with E-state index < -0.39 is 0 Å². The second-order valence-corrected chi connectivity index (χ2v) is 5.33. The third kappa shape index (κ3) is 3.03. The molecule has 0 atom stereocenters. The van der Waals surface area contributed by atoms with Crippen LogP contribution in [0.1, 0.15) is 5.76 Å². The summed E-state index contributed by atoms with van der Waals surface area (Å²) in [6.45, 7) is 0.599. The molecule has 2 aromatic rings. The summed E-state index contributed by atoms with van der Waals surface area (Å²) in [5, 5.41) is 3.66. The van der Waals surface area contributed by atoms with Crippen LogP contribution in [0.2, 0.25) is 5.22 Å². The highest BCUT2D eigenvalue weighted by molar-refractivity contribution is 9.11. The largest absolute Gasteiger partial charge is 0.448 e. The van der Waals surface area contributed by atoms with Gasteiger partial charge in [-0.3, -0.25) is 0 Å². The molecule has 2 rings (SSSR count). The summed E-state index contributed by atoms with van der Waals surface area (Å²) in [5.41, 5.74) is 1.00. The number of halogens is 3. The van der Waals surface area contributed by atoms with Gasteiger partial charge in [0.25, 0.3) is 0 Å². The fourth-order valence-corrected chi connectivity index (χ4v) is 2.17. The van der Waals surface area contributed by atoms with Crippen LogP contribution in [0, 0.1) is 0 Å². The van der Waals surface area contributed by atoms with E-state index in [-0.39, 0.29) is 0 Å². The normalized spacial score (nSPS) is 10.4. The molecule has 0 amide bonds. The number of hydrogen-bond donors (Lipinski definition) is 1. The Balaban J connectivity index is 2.07. The molecule has 1 heterocycles. The Morgan fingerprint density at radius 2 is 2.00 bits per heavy atom. The van der Waals surface area contributed by atoms with Gasteiger partial charge in [-0.2, -0.15) is 0 Å². The molecule has 0 aliphatic carbocycles. The first-order chi connectivity index (χ1) is 7.65. The van der Waals surface area contributed by atoms with Crippen LogP contribution in [0.15, 0.2) is 43.7 Å². The molecular weight excluding hydrogens is 357 g/mol. The zero-order valence-electron chi connectivity index (χ0n) is 8.14. The van der Waals surface area contributed by atoms with Crippen molar-refractivity contribution in [3.63, 3.8) is 0 Å². The van der Waals surface area contributed by atoms with E-state index in [9.17, 15) is 0 Å². The Kier molecular flexibility index (Phi) is 3.95. The molecule has 2 nitrogen and oxygen atoms in total. The van der Waals surface area contributed by atoms with Gasteiger partial charge in [-0.1, -0.05) is 15.9 Å². The zero-order valence-corrected chi connectivity index (χ0v) is 12.1. The van der Waals surface area contributed by atoms with Gasteiger partial charge in [0, 0.05) is 14.6 Å². The summed E-state index contributed by atoms with van der Waals surface area (Å²) < 4.78 is 7.28. The van der Waals surface area contributed by atoms with Gasteiger partial charge in [-0.05, 0) is 57.9 Å². The van der Waals surface area contributed by atoms with Gasteiger partial charge in [-0.15, -0.1) is 0 Å². The lowest BCUT2D eigenvalue weighted by molar-refractivity contribution is 0.520. The van der Waals surface area contributed by atoms with Gasteiger partial charge in [0.15, 0.2) is 5.22 Å². The number of nitrogens with one attached hydrogen (secondary N) is 1. The van der Waals surface area contributed by atoms with Crippen LogP contribution in [0.25, 0.3) is 0 Å². The van der Waals surface area contributed by atoms with Crippen LogP contribution in [0.5, 0.6) is 0 Å². The maximum atomic E-state index is 5.69. The molecule has 0 aliphatic heterocycles. The highest BCUT2D eigenvalue weighted by atomic mass is 79.9. The van der Waals surface area contributed by atoms with Crippen LogP contribution in [0.4, 0.5) is 5.69 Å². The standard InChI is InChI=1S/C11H8Br2ClNO/c12-7-1-3-9(13)10(5-7)15-6-8-2-4-11(14)16-8/h1-5,15H,6H2. The van der Waals surface area contributed by atoms with Gasteiger partial charge in [0.1, 0.15) is 5.76 Å². The quantitative estimate of drug-likeness (QED) is 0.821. The molecular formula is C11H8Br2ClNO. The highest BCUT2D eigenvalue weighted by Crippen LogP contribution is 2.26. The number of rotatable bonds is 3. The Hall–Kier alpha value is -0.450. The zero-order chi connectivity index (χ0) is 11.5. The average Bonchev–Trinajstić information content (AvgIpc) is 2.66. The monoisotopic (exact) mass is 363 g/mol. The molecule has 84 valence electrons. The third-order valence-corrected chi connectivity index (χ3v) is 3.40. The number of furan rings is 1. The van der Waals surface area contributed by atoms with Crippen molar-refractivity contribution in [2.24, 2.45) is 0 Å². The first kappa shape index (κ1) is 12.0. The van der Waals surface area contributed by atoms with Crippen LogP contribution in [-0.4, -0.2) is 0 Å². The molecule has 0 saturated heterocycles. The Morgan fingerprint density at radius 3 is 2.69 bits per heavy atom. The lowest BCUT2D eigenvalue weighted by Crippen LogP contribution is -1.98. The van der Waals surface area contributed by atoms with Gasteiger partial charge >= 0.3 is 0 Å². The van der Waals surface area contributed by atoms with E-state index in [0.717, 1.165) is 20.4 Å². The minimum absolute atomic E-state index is 0.408. The topological polar surface area (TPSA) is 25.2 Å². The summed E-state index contributed by atoms with van der Waals surface area (Å²) in [4.78, 5) is 0. The summed E-state index contributed by atoms with van der Waals surface area (Å²) in [6.07, 6.45) is 0. The molecule has 16 heavy (non-hydrogen) atoms. The Bertz CT molecular complexity index is 498. The summed E-state index contributed by atoms with van der Waals surface area (Å²) in [7, 11) is 0. The molecule has 0 saturated carbocycles. The van der Waals surface area contributed by atoms with Gasteiger partial charge in [0.05, 0.1) is 6.54 Å². The third-order valence-electron chi connectivity index (χ3n) is 2.01. The maximum absolute atomic E-state index is 5.69. The maximum Gasteiger partial charge on any atom is 0.193 e. The summed E-state index contributed by atoms with van der Waals surface area (Å²) >= 11 is 12.6. The van der Waals surface area contributed by atoms with Crippen LogP contribution in [-0.2, 0) is 6.54 Å². The van der Waals surface area contributed by atoms with Gasteiger partial charge < -0.3 is 9.73 Å². The molecule has 0 unspecified atom stereocenters. The summed E-state index contributed by atoms with van der Waals surface area (Å²) in [6, 6.07) is 9.52. The SMILES string of the molecule is Clc1ccc(CNc2cc(Br)ccc2Br)o1. The van der Waals surface area contributed by atoms with Crippen molar-refractivity contribution in [3.8, 4) is 0 Å².